The molecule has 2 aliphatic heterocycles. The number of nitrogens with one attached hydrogen (secondary N) is 2. The minimum Gasteiger partial charge on any atom is -0.444 e. The van der Waals surface area contributed by atoms with Crippen LogP contribution in [0.2, 0.25) is 0 Å². The van der Waals surface area contributed by atoms with Gasteiger partial charge >= 0.3 is 12.1 Å². The minimum atomic E-state index is -0.497. The topological polar surface area (TPSA) is 73.9 Å². The zero-order chi connectivity index (χ0) is 17.7. The Morgan fingerprint density at radius 1 is 1.12 bits per heavy atom. The van der Waals surface area contributed by atoms with Crippen LogP contribution in [-0.2, 0) is 4.74 Å². The first-order valence-corrected chi connectivity index (χ1v) is 8.97. The third-order valence-electron chi connectivity index (χ3n) is 4.56. The molecule has 0 bridgehead atoms. The number of carbonyl (C=O) groups is 2. The van der Waals surface area contributed by atoms with Crippen molar-refractivity contribution in [3.8, 4) is 0 Å². The summed E-state index contributed by atoms with van der Waals surface area (Å²) in [7, 11) is 2.10. The van der Waals surface area contributed by atoms with Gasteiger partial charge in [-0.1, -0.05) is 0 Å². The largest absolute Gasteiger partial charge is 0.444 e. The minimum absolute atomic E-state index is 0.0167. The molecule has 0 aromatic heterocycles. The zero-order valence-electron chi connectivity index (χ0n) is 15.4. The van der Waals surface area contributed by atoms with Crippen LogP contribution in [0.25, 0.3) is 0 Å². The molecule has 138 valence electrons. The summed E-state index contributed by atoms with van der Waals surface area (Å²) in [5.41, 5.74) is -0.497. The second-order valence-electron chi connectivity index (χ2n) is 7.90. The highest BCUT2D eigenvalue weighted by Crippen LogP contribution is 2.20. The van der Waals surface area contributed by atoms with E-state index in [9.17, 15) is 9.59 Å². The molecule has 2 fully saturated rings. The van der Waals surface area contributed by atoms with Crippen LogP contribution in [0.15, 0.2) is 0 Å². The van der Waals surface area contributed by atoms with E-state index in [1.165, 1.54) is 0 Å². The summed E-state index contributed by atoms with van der Waals surface area (Å²) in [6.07, 6.45) is 3.52. The number of hydrogen-bond donors (Lipinski definition) is 2. The highest BCUT2D eigenvalue weighted by molar-refractivity contribution is 5.74. The zero-order valence-corrected chi connectivity index (χ0v) is 15.4. The van der Waals surface area contributed by atoms with Crippen molar-refractivity contribution in [3.05, 3.63) is 0 Å². The quantitative estimate of drug-likeness (QED) is 0.821. The van der Waals surface area contributed by atoms with Gasteiger partial charge in [0.1, 0.15) is 5.60 Å². The maximum Gasteiger partial charge on any atom is 0.410 e. The number of ether oxygens (including phenoxy) is 1. The van der Waals surface area contributed by atoms with Gasteiger partial charge in [0.15, 0.2) is 0 Å². The molecule has 0 unspecified atom stereocenters. The van der Waals surface area contributed by atoms with Gasteiger partial charge in [0.05, 0.1) is 6.04 Å². The number of urea groups is 1. The summed E-state index contributed by atoms with van der Waals surface area (Å²) in [6.45, 7) is 8.78. The highest BCUT2D eigenvalue weighted by atomic mass is 16.6. The van der Waals surface area contributed by atoms with E-state index >= 15 is 0 Å². The molecule has 3 amide bonds. The number of likely N-dealkylation sites (tertiary alicyclic amines) is 2. The number of nitrogens with zero attached hydrogens (tertiary/aromatic N) is 2. The summed E-state index contributed by atoms with van der Waals surface area (Å²) in [6, 6.07) is 0.121. The van der Waals surface area contributed by atoms with Crippen molar-refractivity contribution in [1.82, 2.24) is 20.4 Å². The van der Waals surface area contributed by atoms with E-state index in [4.69, 9.17) is 4.74 Å². The molecule has 1 atom stereocenters. The van der Waals surface area contributed by atoms with Gasteiger partial charge in [0.25, 0.3) is 0 Å². The average Bonchev–Trinajstić information content (AvgIpc) is 2.94. The van der Waals surface area contributed by atoms with E-state index in [1.54, 1.807) is 4.90 Å². The van der Waals surface area contributed by atoms with E-state index in [2.05, 4.69) is 22.6 Å². The van der Waals surface area contributed by atoms with Crippen LogP contribution < -0.4 is 10.6 Å². The molecule has 0 spiro atoms. The van der Waals surface area contributed by atoms with E-state index in [1.807, 2.05) is 20.8 Å². The molecule has 0 aromatic rings. The summed E-state index contributed by atoms with van der Waals surface area (Å²) in [5, 5.41) is 5.95. The van der Waals surface area contributed by atoms with Crippen molar-refractivity contribution in [1.29, 1.82) is 0 Å². The van der Waals surface area contributed by atoms with Gasteiger partial charge in [0, 0.05) is 19.1 Å². The van der Waals surface area contributed by atoms with Gasteiger partial charge in [0.2, 0.25) is 0 Å². The smallest absolute Gasteiger partial charge is 0.410 e. The summed E-state index contributed by atoms with van der Waals surface area (Å²) in [4.78, 5) is 28.3. The van der Waals surface area contributed by atoms with E-state index in [-0.39, 0.29) is 24.2 Å². The fourth-order valence-corrected chi connectivity index (χ4v) is 3.21. The van der Waals surface area contributed by atoms with Gasteiger partial charge in [-0.05, 0) is 66.6 Å². The number of hydrogen-bond acceptors (Lipinski definition) is 4. The predicted octanol–water partition coefficient (Wildman–Crippen LogP) is 1.78. The van der Waals surface area contributed by atoms with Crippen LogP contribution in [-0.4, -0.2) is 72.8 Å². The second kappa shape index (κ2) is 8.05. The Hall–Kier alpha value is -1.50. The van der Waals surface area contributed by atoms with E-state index < -0.39 is 5.60 Å². The van der Waals surface area contributed by atoms with Gasteiger partial charge in [-0.15, -0.1) is 0 Å². The molecule has 2 rings (SSSR count). The molecule has 2 aliphatic rings. The molecule has 2 N–H and O–H groups in total. The van der Waals surface area contributed by atoms with Crippen molar-refractivity contribution >= 4 is 12.1 Å². The van der Waals surface area contributed by atoms with Crippen molar-refractivity contribution in [2.24, 2.45) is 0 Å². The second-order valence-corrected chi connectivity index (χ2v) is 7.90. The molecular weight excluding hydrogens is 308 g/mol. The lowest BCUT2D eigenvalue weighted by molar-refractivity contribution is 0.0227. The summed E-state index contributed by atoms with van der Waals surface area (Å²) in [5.74, 6) is 0. The normalized spacial score (nSPS) is 23.2. The van der Waals surface area contributed by atoms with Crippen LogP contribution >= 0.6 is 0 Å². The highest BCUT2D eigenvalue weighted by Gasteiger charge is 2.32. The van der Waals surface area contributed by atoms with Crippen molar-refractivity contribution in [2.75, 3.05) is 33.2 Å². The van der Waals surface area contributed by atoms with Gasteiger partial charge in [-0.3, -0.25) is 0 Å². The van der Waals surface area contributed by atoms with Crippen molar-refractivity contribution in [2.45, 2.75) is 64.1 Å². The Balaban J connectivity index is 1.74. The number of piperidine rings is 1. The Morgan fingerprint density at radius 3 is 2.42 bits per heavy atom. The molecule has 0 saturated carbocycles. The summed E-state index contributed by atoms with van der Waals surface area (Å²) < 4.78 is 5.44. The lowest BCUT2D eigenvalue weighted by atomic mass is 10.1. The number of carbonyl (C=O) groups excluding carboxylic acids is 2. The molecule has 2 saturated heterocycles. The molecular formula is C17H32N4O3. The Kier molecular flexibility index (Phi) is 6.32. The van der Waals surface area contributed by atoms with Crippen LogP contribution in [0.5, 0.6) is 0 Å². The number of amides is 3. The molecule has 24 heavy (non-hydrogen) atoms. The van der Waals surface area contributed by atoms with E-state index in [0.29, 0.717) is 13.1 Å². The fraction of sp³-hybridized carbons (Fsp3) is 0.882. The van der Waals surface area contributed by atoms with Crippen LogP contribution in [0, 0.1) is 0 Å². The van der Waals surface area contributed by atoms with Gasteiger partial charge < -0.3 is 25.2 Å². The molecule has 2 heterocycles. The monoisotopic (exact) mass is 340 g/mol. The molecule has 7 nitrogen and oxygen atoms in total. The average molecular weight is 340 g/mol. The maximum atomic E-state index is 12.2. The molecule has 0 aromatic carbocycles. The number of rotatable bonds is 3. The Morgan fingerprint density at radius 2 is 1.79 bits per heavy atom. The Bertz CT molecular complexity index is 442. The lowest BCUT2D eigenvalue weighted by Crippen LogP contribution is -2.50. The van der Waals surface area contributed by atoms with E-state index in [0.717, 1.165) is 38.8 Å². The van der Waals surface area contributed by atoms with Crippen LogP contribution in [0.3, 0.4) is 0 Å². The lowest BCUT2D eigenvalue weighted by Gasteiger charge is -2.30. The fourth-order valence-electron chi connectivity index (χ4n) is 3.21. The SMILES string of the molecule is CN1CCC(NC(=O)NC[C@@H]2CCCN2C(=O)OC(C)(C)C)CC1. The van der Waals surface area contributed by atoms with Crippen LogP contribution in [0.4, 0.5) is 9.59 Å². The molecule has 0 radical (unpaired) electrons. The van der Waals surface area contributed by atoms with Crippen molar-refractivity contribution in [3.63, 3.8) is 0 Å². The van der Waals surface area contributed by atoms with Crippen molar-refractivity contribution < 1.29 is 14.3 Å². The standard InChI is InChI=1S/C17H32N4O3/c1-17(2,3)24-16(23)21-9-5-6-14(21)12-18-15(22)19-13-7-10-20(4)11-8-13/h13-14H,5-12H2,1-4H3,(H2,18,19,22)/t14-/m0/s1. The van der Waals surface area contributed by atoms with Crippen LogP contribution in [0.1, 0.15) is 46.5 Å². The first-order valence-electron chi connectivity index (χ1n) is 8.97. The summed E-state index contributed by atoms with van der Waals surface area (Å²) >= 11 is 0. The maximum absolute atomic E-state index is 12.2. The van der Waals surface area contributed by atoms with Gasteiger partial charge in [-0.25, -0.2) is 9.59 Å². The third-order valence-corrected chi connectivity index (χ3v) is 4.56. The Labute approximate surface area is 145 Å². The first-order chi connectivity index (χ1) is 11.2. The molecule has 7 heteroatoms. The van der Waals surface area contributed by atoms with Gasteiger partial charge in [-0.2, -0.15) is 0 Å². The molecule has 0 aliphatic carbocycles. The predicted molar refractivity (Wildman–Crippen MR) is 93.0 cm³/mol. The third kappa shape index (κ3) is 5.85. The first kappa shape index (κ1) is 18.8.